The molecule has 5 rings (SSSR count). The molecule has 5 atom stereocenters. The quantitative estimate of drug-likeness (QED) is 0.723. The van der Waals surface area contributed by atoms with Crippen molar-refractivity contribution in [3.63, 3.8) is 0 Å². The SMILES string of the molecule is CC(C)n1nc(-c2cnc(N)c(OC(F)F)c2)cc1C1C2CC(N3CCO[C@@H](C)C3)C[C@H]21. The number of pyridine rings is 1. The molecule has 3 heterocycles. The maximum atomic E-state index is 12.7. The second-order valence-corrected chi connectivity index (χ2v) is 9.63. The Bertz CT molecular complexity index is 969. The van der Waals surface area contributed by atoms with E-state index in [1.807, 2.05) is 0 Å². The van der Waals surface area contributed by atoms with Gasteiger partial charge in [-0.25, -0.2) is 4.98 Å². The van der Waals surface area contributed by atoms with Crippen LogP contribution in [0.5, 0.6) is 5.75 Å². The number of fused-ring (bicyclic) bond motifs is 1. The Labute approximate surface area is 186 Å². The minimum absolute atomic E-state index is 0.0576. The zero-order valence-electron chi connectivity index (χ0n) is 18.7. The highest BCUT2D eigenvalue weighted by atomic mass is 19.3. The first-order valence-corrected chi connectivity index (χ1v) is 11.5. The third-order valence-corrected chi connectivity index (χ3v) is 7.20. The van der Waals surface area contributed by atoms with Crippen LogP contribution in [0.2, 0.25) is 0 Å². The molecule has 2 aromatic rings. The monoisotopic (exact) mass is 447 g/mol. The van der Waals surface area contributed by atoms with Gasteiger partial charge in [-0.2, -0.15) is 13.9 Å². The molecule has 2 N–H and O–H groups in total. The van der Waals surface area contributed by atoms with Crippen molar-refractivity contribution in [3.8, 4) is 17.0 Å². The van der Waals surface area contributed by atoms with Crippen LogP contribution in [0.3, 0.4) is 0 Å². The first-order chi connectivity index (χ1) is 15.3. The number of nitrogens with two attached hydrogens (primary N) is 1. The molecule has 2 aromatic heterocycles. The van der Waals surface area contributed by atoms with Crippen LogP contribution in [0.15, 0.2) is 18.3 Å². The number of anilines is 1. The Morgan fingerprint density at radius 1 is 1.22 bits per heavy atom. The summed E-state index contributed by atoms with van der Waals surface area (Å²) in [6.45, 7) is 6.30. The van der Waals surface area contributed by atoms with Crippen molar-refractivity contribution in [1.29, 1.82) is 0 Å². The predicted molar refractivity (Wildman–Crippen MR) is 117 cm³/mol. The summed E-state index contributed by atoms with van der Waals surface area (Å²) < 4.78 is 37.7. The van der Waals surface area contributed by atoms with E-state index >= 15 is 0 Å². The Hall–Kier alpha value is -2.26. The van der Waals surface area contributed by atoms with Crippen LogP contribution in [-0.4, -0.2) is 58.1 Å². The number of morpholine rings is 1. The molecule has 1 aliphatic heterocycles. The lowest BCUT2D eigenvalue weighted by atomic mass is 10.0. The Morgan fingerprint density at radius 2 is 1.97 bits per heavy atom. The Morgan fingerprint density at radius 3 is 2.62 bits per heavy atom. The van der Waals surface area contributed by atoms with Crippen LogP contribution in [0.25, 0.3) is 11.3 Å². The van der Waals surface area contributed by atoms with Crippen LogP contribution in [0.4, 0.5) is 14.6 Å². The average molecular weight is 448 g/mol. The lowest BCUT2D eigenvalue weighted by molar-refractivity contribution is -0.0494. The molecule has 3 unspecified atom stereocenters. The fraction of sp³-hybridized carbons (Fsp3) is 0.652. The molecule has 0 amide bonds. The van der Waals surface area contributed by atoms with Crippen molar-refractivity contribution in [2.45, 2.75) is 64.3 Å². The summed E-state index contributed by atoms with van der Waals surface area (Å²) in [5, 5.41) is 4.80. The third-order valence-electron chi connectivity index (χ3n) is 7.20. The van der Waals surface area contributed by atoms with E-state index in [4.69, 9.17) is 15.6 Å². The molecular formula is C23H31F2N5O2. The van der Waals surface area contributed by atoms with Gasteiger partial charge in [0.15, 0.2) is 11.6 Å². The molecule has 0 bridgehead atoms. The van der Waals surface area contributed by atoms with Crippen LogP contribution >= 0.6 is 0 Å². The molecule has 2 aliphatic carbocycles. The second kappa shape index (κ2) is 8.26. The highest BCUT2D eigenvalue weighted by Gasteiger charge is 2.58. The summed E-state index contributed by atoms with van der Waals surface area (Å²) in [4.78, 5) is 6.64. The fourth-order valence-corrected chi connectivity index (χ4v) is 5.72. The van der Waals surface area contributed by atoms with Crippen LogP contribution < -0.4 is 10.5 Å². The van der Waals surface area contributed by atoms with Gasteiger partial charge in [-0.15, -0.1) is 0 Å². The van der Waals surface area contributed by atoms with Crippen molar-refractivity contribution >= 4 is 5.82 Å². The molecular weight excluding hydrogens is 416 g/mol. The van der Waals surface area contributed by atoms with E-state index in [1.165, 1.54) is 24.6 Å². The second-order valence-electron chi connectivity index (χ2n) is 9.63. The molecule has 1 saturated heterocycles. The topological polar surface area (TPSA) is 78.4 Å². The molecule has 9 heteroatoms. The average Bonchev–Trinajstić information content (AvgIpc) is 3.08. The number of hydrogen-bond donors (Lipinski definition) is 1. The summed E-state index contributed by atoms with van der Waals surface area (Å²) in [6, 6.07) is 4.44. The molecule has 3 aliphatic rings. The van der Waals surface area contributed by atoms with E-state index in [2.05, 4.69) is 46.1 Å². The number of nitrogens with zero attached hydrogens (tertiary/aromatic N) is 4. The van der Waals surface area contributed by atoms with E-state index < -0.39 is 6.61 Å². The fourth-order valence-electron chi connectivity index (χ4n) is 5.72. The number of halogens is 2. The van der Waals surface area contributed by atoms with E-state index in [0.717, 1.165) is 19.7 Å². The van der Waals surface area contributed by atoms with Gasteiger partial charge in [0, 0.05) is 48.5 Å². The number of hydrogen-bond acceptors (Lipinski definition) is 6. The number of nitrogen functional groups attached to an aromatic ring is 1. The van der Waals surface area contributed by atoms with E-state index in [1.54, 1.807) is 6.20 Å². The summed E-state index contributed by atoms with van der Waals surface area (Å²) in [7, 11) is 0. The Balaban J connectivity index is 1.35. The van der Waals surface area contributed by atoms with Crippen molar-refractivity contribution < 1.29 is 18.3 Å². The van der Waals surface area contributed by atoms with Gasteiger partial charge in [0.1, 0.15) is 0 Å². The van der Waals surface area contributed by atoms with Gasteiger partial charge < -0.3 is 15.2 Å². The summed E-state index contributed by atoms with van der Waals surface area (Å²) in [5.74, 6) is 1.69. The smallest absolute Gasteiger partial charge is 0.387 e. The van der Waals surface area contributed by atoms with E-state index in [-0.39, 0.29) is 17.6 Å². The van der Waals surface area contributed by atoms with Crippen molar-refractivity contribution in [3.05, 3.63) is 24.0 Å². The lowest BCUT2D eigenvalue weighted by Crippen LogP contribution is -2.46. The molecule has 2 saturated carbocycles. The number of alkyl halides is 2. The van der Waals surface area contributed by atoms with Gasteiger partial charge >= 0.3 is 6.61 Å². The molecule has 0 aromatic carbocycles. The maximum absolute atomic E-state index is 12.7. The molecule has 3 fully saturated rings. The number of aromatic nitrogens is 3. The van der Waals surface area contributed by atoms with Crippen molar-refractivity contribution in [1.82, 2.24) is 19.7 Å². The van der Waals surface area contributed by atoms with Gasteiger partial charge in [0.25, 0.3) is 0 Å². The van der Waals surface area contributed by atoms with Gasteiger partial charge in [-0.05, 0) is 57.6 Å². The van der Waals surface area contributed by atoms with Crippen LogP contribution in [-0.2, 0) is 4.74 Å². The maximum Gasteiger partial charge on any atom is 0.387 e. The van der Waals surface area contributed by atoms with Crippen molar-refractivity contribution in [2.75, 3.05) is 25.4 Å². The third kappa shape index (κ3) is 3.96. The molecule has 32 heavy (non-hydrogen) atoms. The minimum Gasteiger partial charge on any atom is -0.431 e. The first-order valence-electron chi connectivity index (χ1n) is 11.5. The summed E-state index contributed by atoms with van der Waals surface area (Å²) in [5.41, 5.74) is 8.26. The van der Waals surface area contributed by atoms with Crippen LogP contribution in [0.1, 0.15) is 51.3 Å². The Kier molecular flexibility index (Phi) is 5.57. The van der Waals surface area contributed by atoms with Crippen molar-refractivity contribution in [2.24, 2.45) is 11.8 Å². The van der Waals surface area contributed by atoms with Gasteiger partial charge in [-0.1, -0.05) is 0 Å². The van der Waals surface area contributed by atoms with Gasteiger partial charge in [0.2, 0.25) is 0 Å². The first kappa shape index (κ1) is 21.6. The summed E-state index contributed by atoms with van der Waals surface area (Å²) in [6.07, 6.45) is 4.31. The largest absolute Gasteiger partial charge is 0.431 e. The molecule has 0 spiro atoms. The number of rotatable bonds is 6. The van der Waals surface area contributed by atoms with Gasteiger partial charge in [0.05, 0.1) is 18.4 Å². The highest BCUT2D eigenvalue weighted by Crippen LogP contribution is 2.64. The van der Waals surface area contributed by atoms with Gasteiger partial charge in [-0.3, -0.25) is 9.58 Å². The zero-order valence-corrected chi connectivity index (χ0v) is 18.7. The summed E-state index contributed by atoms with van der Waals surface area (Å²) >= 11 is 0. The van der Waals surface area contributed by atoms with E-state index in [9.17, 15) is 8.78 Å². The van der Waals surface area contributed by atoms with E-state index in [0.29, 0.717) is 41.2 Å². The molecule has 0 radical (unpaired) electrons. The molecule has 7 nitrogen and oxygen atoms in total. The van der Waals surface area contributed by atoms with Crippen LogP contribution in [0, 0.1) is 11.8 Å². The standard InChI is InChI=1S/C23H31F2N5O2/c1-12(2)30-19(9-18(28-30)14-6-20(32-23(24)25)22(26)27-10-14)21-16-7-15(8-17(16)21)29-4-5-31-13(3)11-29/h6,9-10,12-13,15-17,21,23H,4-5,7-8,11H2,1-3H3,(H2,26,27)/t13-,15?,16+,17?,21?/m0/s1. The minimum atomic E-state index is -2.95. The zero-order chi connectivity index (χ0) is 22.6. The highest BCUT2D eigenvalue weighted by molar-refractivity contribution is 5.64. The predicted octanol–water partition coefficient (Wildman–Crippen LogP) is 3.92. The lowest BCUT2D eigenvalue weighted by Gasteiger charge is -2.36. The molecule has 174 valence electrons. The number of ether oxygens (including phenoxy) is 2. The normalized spacial score (nSPS) is 30.2.